The molecule has 0 radical (unpaired) electrons. The fraction of sp³-hybridized carbons (Fsp3) is 0.350. The predicted molar refractivity (Wildman–Crippen MR) is 203 cm³/mol. The van der Waals surface area contributed by atoms with Crippen LogP contribution in [-0.4, -0.2) is 64.6 Å². The lowest BCUT2D eigenvalue weighted by Crippen LogP contribution is -2.55. The van der Waals surface area contributed by atoms with Gasteiger partial charge in [0.2, 0.25) is 11.8 Å². The number of ether oxygens (including phenoxy) is 3. The van der Waals surface area contributed by atoms with Crippen molar-refractivity contribution < 1.29 is 32.2 Å². The predicted octanol–water partition coefficient (Wildman–Crippen LogP) is 7.04. The summed E-state index contributed by atoms with van der Waals surface area (Å²) in [6.45, 7) is 1.64. The molecular weight excluding hydrogens is 702 g/mol. The van der Waals surface area contributed by atoms with Crippen molar-refractivity contribution in [3.63, 3.8) is 0 Å². The summed E-state index contributed by atoms with van der Waals surface area (Å²) < 4.78 is 46.5. The minimum Gasteiger partial charge on any atom is -0.494 e. The summed E-state index contributed by atoms with van der Waals surface area (Å²) in [5.41, 5.74) is 1.71. The number of rotatable bonds is 16. The van der Waals surface area contributed by atoms with Crippen LogP contribution in [0.3, 0.4) is 0 Å². The van der Waals surface area contributed by atoms with E-state index in [2.05, 4.69) is 5.32 Å². The summed E-state index contributed by atoms with van der Waals surface area (Å²) in [4.78, 5) is 30.5. The highest BCUT2D eigenvalue weighted by molar-refractivity contribution is 7.92. The normalized spacial score (nSPS) is 13.8. The van der Waals surface area contributed by atoms with E-state index in [1.165, 1.54) is 37.3 Å². The molecule has 1 atom stereocenters. The fourth-order valence-corrected chi connectivity index (χ4v) is 8.04. The van der Waals surface area contributed by atoms with Gasteiger partial charge in [-0.15, -0.1) is 0 Å². The number of amides is 2. The molecule has 0 unspecified atom stereocenters. The first kappa shape index (κ1) is 38.5. The Hall–Kier alpha value is -4.74. The number of carbonyl (C=O) groups is 2. The van der Waals surface area contributed by atoms with Gasteiger partial charge in [-0.2, -0.15) is 0 Å². The summed E-state index contributed by atoms with van der Waals surface area (Å²) in [6.07, 6.45) is 5.08. The summed E-state index contributed by atoms with van der Waals surface area (Å²) in [5, 5.41) is 3.64. The number of sulfonamides is 1. The van der Waals surface area contributed by atoms with E-state index >= 15 is 0 Å². The summed E-state index contributed by atoms with van der Waals surface area (Å²) in [5.74, 6) is 0.223. The Bertz CT molecular complexity index is 1900. The van der Waals surface area contributed by atoms with Crippen molar-refractivity contribution in [2.45, 2.75) is 69.0 Å². The molecule has 5 rings (SSSR count). The second-order valence-corrected chi connectivity index (χ2v) is 14.9. The molecule has 1 N–H and O–H groups in total. The number of hydrogen-bond donors (Lipinski definition) is 1. The van der Waals surface area contributed by atoms with Gasteiger partial charge in [0.05, 0.1) is 31.4 Å². The quantitative estimate of drug-likeness (QED) is 0.131. The number of nitrogens with one attached hydrogen (secondary N) is 1. The van der Waals surface area contributed by atoms with Gasteiger partial charge in [0, 0.05) is 30.1 Å². The summed E-state index contributed by atoms with van der Waals surface area (Å²) >= 11 is 6.64. The number of benzene rings is 4. The van der Waals surface area contributed by atoms with Crippen LogP contribution >= 0.6 is 11.6 Å². The largest absolute Gasteiger partial charge is 0.494 e. The van der Waals surface area contributed by atoms with E-state index in [1.807, 2.05) is 43.3 Å². The van der Waals surface area contributed by atoms with Crippen LogP contribution in [0.4, 0.5) is 5.69 Å². The molecule has 1 aliphatic rings. The maximum Gasteiger partial charge on any atom is 0.264 e. The molecule has 0 bridgehead atoms. The molecule has 0 saturated heterocycles. The molecule has 276 valence electrons. The van der Waals surface area contributed by atoms with E-state index in [0.717, 1.165) is 42.0 Å². The van der Waals surface area contributed by atoms with E-state index in [4.69, 9.17) is 25.8 Å². The molecule has 1 aliphatic carbocycles. The number of carbonyl (C=O) groups excluding carboxylic acids is 2. The molecule has 10 nitrogen and oxygen atoms in total. The third-order valence-corrected chi connectivity index (χ3v) is 11.3. The summed E-state index contributed by atoms with van der Waals surface area (Å²) in [7, 11) is -1.52. The van der Waals surface area contributed by atoms with Crippen molar-refractivity contribution in [2.75, 3.05) is 31.7 Å². The smallest absolute Gasteiger partial charge is 0.264 e. The van der Waals surface area contributed by atoms with Crippen LogP contribution in [-0.2, 0) is 32.6 Å². The van der Waals surface area contributed by atoms with Gasteiger partial charge in [0.15, 0.2) is 11.5 Å². The molecule has 0 heterocycles. The zero-order valence-electron chi connectivity index (χ0n) is 29.8. The van der Waals surface area contributed by atoms with Gasteiger partial charge in [-0.1, -0.05) is 79.4 Å². The minimum absolute atomic E-state index is 0.0115. The Morgan fingerprint density at radius 1 is 0.865 bits per heavy atom. The lowest BCUT2D eigenvalue weighted by atomic mass is 9.94. The molecule has 0 aliphatic heterocycles. The highest BCUT2D eigenvalue weighted by atomic mass is 35.5. The van der Waals surface area contributed by atoms with Gasteiger partial charge in [-0.05, 0) is 73.4 Å². The van der Waals surface area contributed by atoms with E-state index in [-0.39, 0.29) is 41.2 Å². The summed E-state index contributed by atoms with van der Waals surface area (Å²) in [6, 6.07) is 26.4. The molecule has 4 aromatic rings. The van der Waals surface area contributed by atoms with Crippen LogP contribution in [0.25, 0.3) is 0 Å². The minimum atomic E-state index is -4.39. The number of anilines is 1. The van der Waals surface area contributed by atoms with Crippen molar-refractivity contribution >= 4 is 39.1 Å². The molecule has 1 saturated carbocycles. The lowest BCUT2D eigenvalue weighted by Gasteiger charge is -2.35. The average Bonchev–Trinajstić information content (AvgIpc) is 3.16. The van der Waals surface area contributed by atoms with Crippen molar-refractivity contribution in [2.24, 2.45) is 0 Å². The maximum atomic E-state index is 14.9. The van der Waals surface area contributed by atoms with Gasteiger partial charge in [0.1, 0.15) is 18.3 Å². The average molecular weight is 748 g/mol. The first-order chi connectivity index (χ1) is 25.1. The van der Waals surface area contributed by atoms with E-state index in [1.54, 1.807) is 42.5 Å². The molecule has 12 heteroatoms. The van der Waals surface area contributed by atoms with Crippen LogP contribution in [0.1, 0.15) is 50.2 Å². The van der Waals surface area contributed by atoms with Gasteiger partial charge in [-0.3, -0.25) is 13.9 Å². The van der Waals surface area contributed by atoms with Crippen LogP contribution in [0, 0.1) is 0 Å². The van der Waals surface area contributed by atoms with Crippen LogP contribution < -0.4 is 23.8 Å². The van der Waals surface area contributed by atoms with Crippen molar-refractivity contribution in [1.82, 2.24) is 10.2 Å². The van der Waals surface area contributed by atoms with Crippen molar-refractivity contribution in [3.8, 4) is 17.2 Å². The molecule has 1 fully saturated rings. The zero-order chi connectivity index (χ0) is 37.1. The molecule has 0 aromatic heterocycles. The molecule has 0 spiro atoms. The third-order valence-electron chi connectivity index (χ3n) is 9.18. The van der Waals surface area contributed by atoms with E-state index < -0.39 is 28.5 Å². The molecule has 4 aromatic carbocycles. The highest BCUT2D eigenvalue weighted by Gasteiger charge is 2.36. The van der Waals surface area contributed by atoms with E-state index in [9.17, 15) is 18.0 Å². The first-order valence-electron chi connectivity index (χ1n) is 17.5. The van der Waals surface area contributed by atoms with Crippen LogP contribution in [0.15, 0.2) is 102 Å². The second-order valence-electron chi connectivity index (χ2n) is 12.6. The standard InChI is InChI=1S/C40H46ClN3O7S/c1-4-51-33-21-19-32(20-22-33)44(52(47,48)34-23-24-37(49-2)38(26-34)50-3)28-39(45)43(27-30-15-11-12-18-35(30)41)36(25-29-13-7-5-8-14-29)40(46)42-31-16-9-6-10-17-31/h5,7-8,11-15,18-24,26,31,36H,4,6,9-10,16-17,25,27-28H2,1-3H3,(H,42,46)/t36-/m0/s1. The van der Waals surface area contributed by atoms with Gasteiger partial charge < -0.3 is 24.4 Å². The number of methoxy groups -OCH3 is 2. The third kappa shape index (κ3) is 9.57. The SMILES string of the molecule is CCOc1ccc(N(CC(=O)N(Cc2ccccc2Cl)[C@@H](Cc2ccccc2)C(=O)NC2CCCCC2)S(=O)(=O)c2ccc(OC)c(OC)c2)cc1. The highest BCUT2D eigenvalue weighted by Crippen LogP contribution is 2.33. The fourth-order valence-electron chi connectivity index (χ4n) is 6.42. The monoisotopic (exact) mass is 747 g/mol. The van der Waals surface area contributed by atoms with Crippen LogP contribution in [0.5, 0.6) is 17.2 Å². The van der Waals surface area contributed by atoms with Gasteiger partial charge in [0.25, 0.3) is 10.0 Å². The molecule has 2 amide bonds. The topological polar surface area (TPSA) is 114 Å². The molecular formula is C40H46ClN3O7S. The van der Waals surface area contributed by atoms with Crippen molar-refractivity contribution in [1.29, 1.82) is 0 Å². The second kappa shape index (κ2) is 18.1. The Labute approximate surface area is 311 Å². The Balaban J connectivity index is 1.59. The van der Waals surface area contributed by atoms with Crippen molar-refractivity contribution in [3.05, 3.63) is 113 Å². The Morgan fingerprint density at radius 3 is 2.19 bits per heavy atom. The lowest BCUT2D eigenvalue weighted by molar-refractivity contribution is -0.140. The number of nitrogens with zero attached hydrogens (tertiary/aromatic N) is 2. The van der Waals surface area contributed by atoms with Crippen LogP contribution in [0.2, 0.25) is 5.02 Å². The Morgan fingerprint density at radius 2 is 1.54 bits per heavy atom. The Kier molecular flexibility index (Phi) is 13.4. The van der Waals surface area contributed by atoms with E-state index in [0.29, 0.717) is 28.7 Å². The zero-order valence-corrected chi connectivity index (χ0v) is 31.4. The first-order valence-corrected chi connectivity index (χ1v) is 19.3. The van der Waals surface area contributed by atoms with Gasteiger partial charge >= 0.3 is 0 Å². The van der Waals surface area contributed by atoms with Gasteiger partial charge in [-0.25, -0.2) is 8.42 Å². The maximum absolute atomic E-state index is 14.9. The molecule has 52 heavy (non-hydrogen) atoms. The number of hydrogen-bond acceptors (Lipinski definition) is 7. The number of halogens is 1.